The zero-order chi connectivity index (χ0) is 15.4. The van der Waals surface area contributed by atoms with E-state index in [1.807, 2.05) is 0 Å². The molecule has 3 rings (SSSR count). The fraction of sp³-hybridized carbons (Fsp3) is 0.368. The van der Waals surface area contributed by atoms with E-state index >= 15 is 0 Å². The number of hydrogen-bond donors (Lipinski definition) is 0. The fourth-order valence-electron chi connectivity index (χ4n) is 2.49. The molecule has 22 heavy (non-hydrogen) atoms. The van der Waals surface area contributed by atoms with Gasteiger partial charge in [-0.3, -0.25) is 0 Å². The summed E-state index contributed by atoms with van der Waals surface area (Å²) in [7, 11) is 0. The Morgan fingerprint density at radius 3 is 2.59 bits per heavy atom. The Morgan fingerprint density at radius 2 is 1.82 bits per heavy atom. The van der Waals surface area contributed by atoms with E-state index < -0.39 is 0 Å². The number of thioether (sulfide) groups is 2. The quantitative estimate of drug-likeness (QED) is 0.706. The molecule has 0 aromatic heterocycles. The van der Waals surface area contributed by atoms with Crippen molar-refractivity contribution in [1.82, 2.24) is 0 Å². The maximum Gasteiger partial charge on any atom is 0.120 e. The van der Waals surface area contributed by atoms with Gasteiger partial charge in [-0.15, -0.1) is 23.5 Å². The molecule has 0 spiro atoms. The molecule has 1 heterocycles. The third-order valence-electron chi connectivity index (χ3n) is 3.93. The summed E-state index contributed by atoms with van der Waals surface area (Å²) >= 11 is 4.10. The Balaban J connectivity index is 1.66. The van der Waals surface area contributed by atoms with Gasteiger partial charge >= 0.3 is 0 Å². The lowest BCUT2D eigenvalue weighted by Crippen LogP contribution is -2.01. The van der Waals surface area contributed by atoms with Gasteiger partial charge in [-0.05, 0) is 66.2 Å². The molecule has 1 fully saturated rings. The minimum absolute atomic E-state index is 0.568. The molecule has 2 aromatic carbocycles. The van der Waals surface area contributed by atoms with E-state index in [1.54, 1.807) is 0 Å². The van der Waals surface area contributed by atoms with E-state index in [1.165, 1.54) is 40.2 Å². The van der Waals surface area contributed by atoms with Gasteiger partial charge in [0.2, 0.25) is 0 Å². The molecule has 0 bridgehead atoms. The van der Waals surface area contributed by atoms with Crippen LogP contribution in [-0.2, 0) is 6.61 Å². The second kappa shape index (κ2) is 7.47. The average molecular weight is 331 g/mol. The van der Waals surface area contributed by atoms with Crippen LogP contribution in [0.2, 0.25) is 0 Å². The maximum atomic E-state index is 6.00. The first-order chi connectivity index (χ1) is 10.7. The summed E-state index contributed by atoms with van der Waals surface area (Å²) in [4.78, 5) is 0. The van der Waals surface area contributed by atoms with Gasteiger partial charge in [0.05, 0.1) is 4.58 Å². The van der Waals surface area contributed by atoms with Gasteiger partial charge in [0, 0.05) is 0 Å². The van der Waals surface area contributed by atoms with Gasteiger partial charge in [0.1, 0.15) is 12.4 Å². The van der Waals surface area contributed by atoms with Crippen LogP contribution in [0.25, 0.3) is 0 Å². The molecular formula is C19H22OS2. The van der Waals surface area contributed by atoms with Crippen LogP contribution in [0.15, 0.2) is 42.5 Å². The molecule has 0 amide bonds. The summed E-state index contributed by atoms with van der Waals surface area (Å²) in [6, 6.07) is 15.1. The van der Waals surface area contributed by atoms with Crippen molar-refractivity contribution in [3.63, 3.8) is 0 Å². The van der Waals surface area contributed by atoms with E-state index in [0.29, 0.717) is 11.2 Å². The van der Waals surface area contributed by atoms with Crippen LogP contribution in [0.4, 0.5) is 0 Å². The number of ether oxygens (including phenoxy) is 1. The largest absolute Gasteiger partial charge is 0.489 e. The molecule has 0 saturated carbocycles. The molecule has 2 aromatic rings. The Kier molecular flexibility index (Phi) is 5.37. The monoisotopic (exact) mass is 330 g/mol. The van der Waals surface area contributed by atoms with Crippen molar-refractivity contribution in [2.45, 2.75) is 31.5 Å². The topological polar surface area (TPSA) is 9.23 Å². The standard InChI is InChI=1S/C19H22OS2/c1-14-7-8-16(11-15(14)2)13-20-18-6-3-5-17(12-18)19-21-9-4-10-22-19/h3,5-8,11-12,19H,4,9-10,13H2,1-2H3. The third kappa shape index (κ3) is 4.02. The third-order valence-corrected chi connectivity index (χ3v) is 6.95. The van der Waals surface area contributed by atoms with E-state index in [9.17, 15) is 0 Å². The molecule has 1 nitrogen and oxygen atoms in total. The molecule has 0 radical (unpaired) electrons. The highest BCUT2D eigenvalue weighted by atomic mass is 32.2. The molecule has 3 heteroatoms. The molecule has 1 aliphatic heterocycles. The van der Waals surface area contributed by atoms with Crippen molar-refractivity contribution in [3.8, 4) is 5.75 Å². The summed E-state index contributed by atoms with van der Waals surface area (Å²) in [5.74, 6) is 3.51. The van der Waals surface area contributed by atoms with Crippen molar-refractivity contribution in [2.75, 3.05) is 11.5 Å². The SMILES string of the molecule is Cc1ccc(COc2cccc(C3SCCCS3)c2)cc1C. The Bertz CT molecular complexity index is 633. The van der Waals surface area contributed by atoms with Crippen LogP contribution in [-0.4, -0.2) is 11.5 Å². The van der Waals surface area contributed by atoms with E-state index in [0.717, 1.165) is 5.75 Å². The first-order valence-electron chi connectivity index (χ1n) is 7.74. The molecule has 0 N–H and O–H groups in total. The second-order valence-corrected chi connectivity index (χ2v) is 8.43. The predicted octanol–water partition coefficient (Wildman–Crippen LogP) is 5.75. The molecule has 1 saturated heterocycles. The highest BCUT2D eigenvalue weighted by Gasteiger charge is 2.16. The second-order valence-electron chi connectivity index (χ2n) is 5.71. The van der Waals surface area contributed by atoms with Crippen LogP contribution in [0.3, 0.4) is 0 Å². The number of benzene rings is 2. The number of rotatable bonds is 4. The summed E-state index contributed by atoms with van der Waals surface area (Å²) < 4.78 is 6.57. The molecule has 0 aliphatic carbocycles. The van der Waals surface area contributed by atoms with E-state index in [-0.39, 0.29) is 0 Å². The fourth-order valence-corrected chi connectivity index (χ4v) is 5.36. The van der Waals surface area contributed by atoms with Crippen LogP contribution in [0.1, 0.15) is 33.3 Å². The lowest BCUT2D eigenvalue weighted by molar-refractivity contribution is 0.306. The summed E-state index contributed by atoms with van der Waals surface area (Å²) in [5.41, 5.74) is 5.27. The zero-order valence-corrected chi connectivity index (χ0v) is 14.8. The first kappa shape index (κ1) is 15.8. The predicted molar refractivity (Wildman–Crippen MR) is 99.0 cm³/mol. The highest BCUT2D eigenvalue weighted by molar-refractivity contribution is 8.16. The molecule has 116 valence electrons. The van der Waals surface area contributed by atoms with Crippen molar-refractivity contribution in [1.29, 1.82) is 0 Å². The van der Waals surface area contributed by atoms with Crippen molar-refractivity contribution >= 4 is 23.5 Å². The molecule has 0 unspecified atom stereocenters. The molecular weight excluding hydrogens is 308 g/mol. The Hall–Kier alpha value is -1.06. The van der Waals surface area contributed by atoms with Gasteiger partial charge in [0.15, 0.2) is 0 Å². The minimum atomic E-state index is 0.568. The van der Waals surface area contributed by atoms with Gasteiger partial charge in [-0.2, -0.15) is 0 Å². The normalized spacial score (nSPS) is 15.7. The Morgan fingerprint density at radius 1 is 1.00 bits per heavy atom. The lowest BCUT2D eigenvalue weighted by atomic mass is 10.1. The van der Waals surface area contributed by atoms with Gasteiger partial charge in [0.25, 0.3) is 0 Å². The number of hydrogen-bond acceptors (Lipinski definition) is 3. The summed E-state index contributed by atoms with van der Waals surface area (Å²) in [6.45, 7) is 4.93. The first-order valence-corrected chi connectivity index (χ1v) is 9.84. The van der Waals surface area contributed by atoms with Crippen LogP contribution in [0, 0.1) is 13.8 Å². The van der Waals surface area contributed by atoms with Crippen molar-refractivity contribution in [3.05, 3.63) is 64.7 Å². The maximum absolute atomic E-state index is 6.00. The van der Waals surface area contributed by atoms with Gasteiger partial charge < -0.3 is 4.74 Å². The smallest absolute Gasteiger partial charge is 0.120 e. The summed E-state index contributed by atoms with van der Waals surface area (Å²) in [6.07, 6.45) is 1.33. The molecule has 0 atom stereocenters. The van der Waals surface area contributed by atoms with Crippen LogP contribution in [0.5, 0.6) is 5.75 Å². The average Bonchev–Trinajstić information content (AvgIpc) is 2.57. The summed E-state index contributed by atoms with van der Waals surface area (Å²) in [5, 5.41) is 0. The molecule has 1 aliphatic rings. The van der Waals surface area contributed by atoms with Crippen LogP contribution < -0.4 is 4.74 Å². The van der Waals surface area contributed by atoms with Crippen LogP contribution >= 0.6 is 23.5 Å². The van der Waals surface area contributed by atoms with Gasteiger partial charge in [-0.25, -0.2) is 0 Å². The Labute approximate surface area is 141 Å². The van der Waals surface area contributed by atoms with Gasteiger partial charge in [-0.1, -0.05) is 30.3 Å². The van der Waals surface area contributed by atoms with E-state index in [4.69, 9.17) is 4.74 Å². The minimum Gasteiger partial charge on any atom is -0.489 e. The van der Waals surface area contributed by atoms with Crippen molar-refractivity contribution < 1.29 is 4.74 Å². The lowest BCUT2D eigenvalue weighted by Gasteiger charge is -2.21. The van der Waals surface area contributed by atoms with Crippen molar-refractivity contribution in [2.24, 2.45) is 0 Å². The highest BCUT2D eigenvalue weighted by Crippen LogP contribution is 2.44. The zero-order valence-electron chi connectivity index (χ0n) is 13.2. The number of aryl methyl sites for hydroxylation is 2. The van der Waals surface area contributed by atoms with E-state index in [2.05, 4.69) is 79.8 Å².